The lowest BCUT2D eigenvalue weighted by atomic mass is 10.3. The Morgan fingerprint density at radius 1 is 1.00 bits per heavy atom. The maximum absolute atomic E-state index is 12.1. The maximum atomic E-state index is 12.1. The number of hydrogen-bond donors (Lipinski definition) is 1. The quantitative estimate of drug-likeness (QED) is 0.529. The average molecular weight is 394 g/mol. The molecule has 0 aliphatic carbocycles. The van der Waals surface area contributed by atoms with Gasteiger partial charge in [0.05, 0.1) is 6.61 Å². The number of nitrogens with one attached hydrogen (secondary N) is 1. The number of carbonyl (C=O) groups is 1. The molecule has 0 bridgehead atoms. The fourth-order valence-corrected chi connectivity index (χ4v) is 3.26. The van der Waals surface area contributed by atoms with Gasteiger partial charge in [0.1, 0.15) is 11.5 Å². The molecular weight excluding hydrogens is 372 g/mol. The zero-order valence-electron chi connectivity index (χ0n) is 15.6. The molecule has 0 fully saturated rings. The van der Waals surface area contributed by atoms with Gasteiger partial charge in [-0.25, -0.2) is 0 Å². The molecule has 3 rings (SSSR count). The molecule has 3 aromatic rings. The summed E-state index contributed by atoms with van der Waals surface area (Å²) in [7, 11) is 0. The van der Waals surface area contributed by atoms with Crippen molar-refractivity contribution in [1.29, 1.82) is 0 Å². The lowest BCUT2D eigenvalue weighted by molar-refractivity contribution is -0.118. The first kappa shape index (κ1) is 19.8. The Morgan fingerprint density at radius 2 is 1.71 bits per heavy atom. The SMILES string of the molecule is CCOc1ccc(OCC(=O)Nc2ccc(SCc3cccnc3)cc2)cc1. The normalized spacial score (nSPS) is 10.3. The van der Waals surface area contributed by atoms with Crippen molar-refractivity contribution in [1.82, 2.24) is 4.98 Å². The summed E-state index contributed by atoms with van der Waals surface area (Å²) in [6.45, 7) is 2.50. The summed E-state index contributed by atoms with van der Waals surface area (Å²) in [4.78, 5) is 17.3. The standard InChI is InChI=1S/C22H22N2O3S/c1-2-26-19-7-9-20(10-8-19)27-15-22(25)24-18-5-11-21(12-6-18)28-16-17-4-3-13-23-14-17/h3-14H,2,15-16H2,1H3,(H,24,25). The van der Waals surface area contributed by atoms with Crippen LogP contribution in [0.2, 0.25) is 0 Å². The zero-order valence-corrected chi connectivity index (χ0v) is 16.4. The van der Waals surface area contributed by atoms with Crippen LogP contribution in [0.25, 0.3) is 0 Å². The van der Waals surface area contributed by atoms with Crippen molar-refractivity contribution in [2.24, 2.45) is 0 Å². The Hall–Kier alpha value is -2.99. The highest BCUT2D eigenvalue weighted by Gasteiger charge is 2.05. The average Bonchev–Trinajstić information content (AvgIpc) is 2.74. The third kappa shape index (κ3) is 6.32. The monoisotopic (exact) mass is 394 g/mol. The van der Waals surface area contributed by atoms with Crippen molar-refractivity contribution in [3.63, 3.8) is 0 Å². The largest absolute Gasteiger partial charge is 0.494 e. The molecule has 1 heterocycles. The number of anilines is 1. The van der Waals surface area contributed by atoms with Gasteiger partial charge in [-0.1, -0.05) is 6.07 Å². The summed E-state index contributed by atoms with van der Waals surface area (Å²) in [5, 5.41) is 2.84. The van der Waals surface area contributed by atoms with Gasteiger partial charge in [0, 0.05) is 28.7 Å². The lowest BCUT2D eigenvalue weighted by Crippen LogP contribution is -2.20. The predicted molar refractivity (Wildman–Crippen MR) is 112 cm³/mol. The van der Waals surface area contributed by atoms with E-state index in [0.717, 1.165) is 22.1 Å². The number of carbonyl (C=O) groups excluding carboxylic acids is 1. The lowest BCUT2D eigenvalue weighted by Gasteiger charge is -2.09. The third-order valence-electron chi connectivity index (χ3n) is 3.77. The van der Waals surface area contributed by atoms with Crippen LogP contribution in [-0.4, -0.2) is 24.1 Å². The number of aromatic nitrogens is 1. The molecule has 1 N–H and O–H groups in total. The predicted octanol–water partition coefficient (Wildman–Crippen LogP) is 4.79. The Bertz CT molecular complexity index is 869. The molecule has 5 nitrogen and oxygen atoms in total. The maximum Gasteiger partial charge on any atom is 0.262 e. The van der Waals surface area contributed by atoms with Crippen LogP contribution >= 0.6 is 11.8 Å². The van der Waals surface area contributed by atoms with Crippen LogP contribution in [0.4, 0.5) is 5.69 Å². The minimum atomic E-state index is -0.204. The van der Waals surface area contributed by atoms with Crippen molar-refractivity contribution in [3.05, 3.63) is 78.6 Å². The Balaban J connectivity index is 1.43. The molecule has 0 aliphatic rings. The number of ether oxygens (including phenoxy) is 2. The summed E-state index contributed by atoms with van der Waals surface area (Å²) in [6.07, 6.45) is 3.64. The molecule has 0 radical (unpaired) electrons. The zero-order chi connectivity index (χ0) is 19.6. The highest BCUT2D eigenvalue weighted by Crippen LogP contribution is 2.24. The van der Waals surface area contributed by atoms with Crippen LogP contribution in [0.5, 0.6) is 11.5 Å². The number of nitrogens with zero attached hydrogens (tertiary/aromatic N) is 1. The van der Waals surface area contributed by atoms with E-state index in [4.69, 9.17) is 9.47 Å². The van der Waals surface area contributed by atoms with Crippen LogP contribution < -0.4 is 14.8 Å². The molecular formula is C22H22N2O3S. The van der Waals surface area contributed by atoms with E-state index in [1.165, 1.54) is 5.56 Å². The second-order valence-corrected chi connectivity index (χ2v) is 6.96. The van der Waals surface area contributed by atoms with Gasteiger partial charge >= 0.3 is 0 Å². The third-order valence-corrected chi connectivity index (χ3v) is 4.85. The molecule has 28 heavy (non-hydrogen) atoms. The van der Waals surface area contributed by atoms with Crippen molar-refractivity contribution in [3.8, 4) is 11.5 Å². The van der Waals surface area contributed by atoms with Crippen molar-refractivity contribution < 1.29 is 14.3 Å². The smallest absolute Gasteiger partial charge is 0.262 e. The molecule has 144 valence electrons. The van der Waals surface area contributed by atoms with Crippen LogP contribution in [0.15, 0.2) is 78.0 Å². The van der Waals surface area contributed by atoms with Crippen LogP contribution in [-0.2, 0) is 10.5 Å². The van der Waals surface area contributed by atoms with Gasteiger partial charge in [0.25, 0.3) is 5.91 Å². The van der Waals surface area contributed by atoms with Gasteiger partial charge in [-0.05, 0) is 67.1 Å². The van der Waals surface area contributed by atoms with E-state index in [1.807, 2.05) is 55.6 Å². The molecule has 1 amide bonds. The Labute approximate surface area is 169 Å². The van der Waals surface area contributed by atoms with Gasteiger partial charge in [0.15, 0.2) is 6.61 Å². The van der Waals surface area contributed by atoms with Gasteiger partial charge < -0.3 is 14.8 Å². The topological polar surface area (TPSA) is 60.5 Å². The second kappa shape index (κ2) is 10.4. The number of amides is 1. The summed E-state index contributed by atoms with van der Waals surface area (Å²) in [5.41, 5.74) is 1.92. The summed E-state index contributed by atoms with van der Waals surface area (Å²) in [5.74, 6) is 2.06. The van der Waals surface area contributed by atoms with Crippen LogP contribution in [0, 0.1) is 0 Å². The number of thioether (sulfide) groups is 1. The number of benzene rings is 2. The summed E-state index contributed by atoms with van der Waals surface area (Å²) < 4.78 is 10.9. The van der Waals surface area contributed by atoms with E-state index < -0.39 is 0 Å². The molecule has 0 saturated carbocycles. The van der Waals surface area contributed by atoms with E-state index in [1.54, 1.807) is 30.1 Å². The van der Waals surface area contributed by atoms with Crippen LogP contribution in [0.1, 0.15) is 12.5 Å². The fourth-order valence-electron chi connectivity index (χ4n) is 2.43. The van der Waals surface area contributed by atoms with E-state index in [2.05, 4.69) is 16.4 Å². The first-order valence-electron chi connectivity index (χ1n) is 9.00. The molecule has 2 aromatic carbocycles. The molecule has 0 unspecified atom stereocenters. The molecule has 1 aromatic heterocycles. The van der Waals surface area contributed by atoms with E-state index in [-0.39, 0.29) is 12.5 Å². The van der Waals surface area contributed by atoms with Crippen molar-refractivity contribution in [2.45, 2.75) is 17.6 Å². The van der Waals surface area contributed by atoms with Gasteiger partial charge in [-0.2, -0.15) is 0 Å². The second-order valence-electron chi connectivity index (χ2n) is 5.92. The van der Waals surface area contributed by atoms with Gasteiger partial charge in [-0.15, -0.1) is 11.8 Å². The molecule has 0 saturated heterocycles. The molecule has 6 heteroatoms. The highest BCUT2D eigenvalue weighted by molar-refractivity contribution is 7.98. The van der Waals surface area contributed by atoms with E-state index in [0.29, 0.717) is 12.4 Å². The van der Waals surface area contributed by atoms with E-state index >= 15 is 0 Å². The first-order chi connectivity index (χ1) is 13.7. The van der Waals surface area contributed by atoms with Gasteiger partial charge in [0.2, 0.25) is 0 Å². The van der Waals surface area contributed by atoms with Crippen molar-refractivity contribution >= 4 is 23.4 Å². The summed E-state index contributed by atoms with van der Waals surface area (Å²) in [6, 6.07) is 19.0. The minimum Gasteiger partial charge on any atom is -0.494 e. The number of hydrogen-bond acceptors (Lipinski definition) is 5. The highest BCUT2D eigenvalue weighted by atomic mass is 32.2. The number of rotatable bonds is 9. The van der Waals surface area contributed by atoms with Crippen molar-refractivity contribution in [2.75, 3.05) is 18.5 Å². The fraction of sp³-hybridized carbons (Fsp3) is 0.182. The molecule has 0 atom stereocenters. The Morgan fingerprint density at radius 3 is 2.36 bits per heavy atom. The van der Waals surface area contributed by atoms with Crippen LogP contribution in [0.3, 0.4) is 0 Å². The number of pyridine rings is 1. The first-order valence-corrected chi connectivity index (χ1v) is 9.99. The molecule has 0 aliphatic heterocycles. The molecule has 0 spiro atoms. The van der Waals surface area contributed by atoms with E-state index in [9.17, 15) is 4.79 Å². The summed E-state index contributed by atoms with van der Waals surface area (Å²) >= 11 is 1.73. The minimum absolute atomic E-state index is 0.0501. The van der Waals surface area contributed by atoms with Gasteiger partial charge in [-0.3, -0.25) is 9.78 Å². The Kier molecular flexibility index (Phi) is 7.32.